The van der Waals surface area contributed by atoms with E-state index in [0.717, 1.165) is 38.2 Å². The summed E-state index contributed by atoms with van der Waals surface area (Å²) in [5, 5.41) is 0. The van der Waals surface area contributed by atoms with Gasteiger partial charge in [0.05, 0.1) is 77.7 Å². The lowest BCUT2D eigenvalue weighted by molar-refractivity contribution is -0.217. The molecule has 6 bridgehead atoms. The van der Waals surface area contributed by atoms with Gasteiger partial charge >= 0.3 is 65.7 Å². The number of fused-ring (bicyclic) bond motifs is 11. The largest absolute Gasteiger partial charge is 0.469 e. The summed E-state index contributed by atoms with van der Waals surface area (Å²) in [7, 11) is 2.73. The molecule has 109 heavy (non-hydrogen) atoms. The Bertz CT molecular complexity index is 3080. The van der Waals surface area contributed by atoms with Gasteiger partial charge in [-0.25, -0.2) is 9.59 Å². The van der Waals surface area contributed by atoms with Gasteiger partial charge in [0.15, 0.2) is 36.5 Å². The molecule has 14 aliphatic rings. The molecule has 0 spiro atoms. The number of hydrogen-bond acceptors (Lipinski definition) is 26. The van der Waals surface area contributed by atoms with Crippen LogP contribution in [0.5, 0.6) is 0 Å². The SMILES string of the molecule is C.C.C.C.C.C.C.C.C.C.CCC(C)(C)C(=O)OC.CCC(C)(C)C(=O)OC1C(=O)OC2C3OC(C)(C)OC3OC12.CCC(C)(C)C(=O)OC1C(=O)OC2CCCC21.CCC(C)(C)C(=O)OC1C2CC3C(=O)OC1C3O2.CCC(C)(C)C(=O)OC1C2CC3C1OC(=O)C3C2C(=O)OC.O=C1OCC2C3CCC(C3)C12. The predicted octanol–water partition coefficient (Wildman–Crippen LogP) is 14.7. The van der Waals surface area contributed by atoms with Gasteiger partial charge in [-0.2, -0.15) is 0 Å². The number of rotatable bonds is 15. The first-order valence-electron chi connectivity index (χ1n) is 35.9. The van der Waals surface area contributed by atoms with Crippen LogP contribution in [0.3, 0.4) is 0 Å². The smallest absolute Gasteiger partial charge is 0.350 e. The summed E-state index contributed by atoms with van der Waals surface area (Å²) in [4.78, 5) is 130. The lowest BCUT2D eigenvalue weighted by Gasteiger charge is -2.32. The van der Waals surface area contributed by atoms with Crippen molar-refractivity contribution in [1.82, 2.24) is 0 Å². The highest BCUT2D eigenvalue weighted by Gasteiger charge is 2.71. The van der Waals surface area contributed by atoms with Crippen LogP contribution < -0.4 is 0 Å². The van der Waals surface area contributed by atoms with E-state index in [4.69, 9.17) is 66.3 Å². The molecule has 26 heteroatoms. The van der Waals surface area contributed by atoms with Crippen LogP contribution in [-0.4, -0.2) is 172 Å². The lowest BCUT2D eigenvalue weighted by atomic mass is 9.78. The van der Waals surface area contributed by atoms with Crippen molar-refractivity contribution >= 4 is 65.7 Å². The summed E-state index contributed by atoms with van der Waals surface area (Å²) in [6, 6.07) is 0. The minimum Gasteiger partial charge on any atom is -0.469 e. The van der Waals surface area contributed by atoms with Crippen LogP contribution in [0.2, 0.25) is 0 Å². The first-order chi connectivity index (χ1) is 46.2. The summed E-state index contributed by atoms with van der Waals surface area (Å²) in [6.45, 7) is 32.2. The highest BCUT2D eigenvalue weighted by molar-refractivity contribution is 5.87. The Hall–Kier alpha value is -5.99. The van der Waals surface area contributed by atoms with E-state index in [-0.39, 0.29) is 169 Å². The van der Waals surface area contributed by atoms with Crippen LogP contribution in [0.25, 0.3) is 0 Å². The number of esters is 11. The van der Waals surface area contributed by atoms with Gasteiger partial charge in [-0.1, -0.05) is 109 Å². The van der Waals surface area contributed by atoms with E-state index < -0.39 is 118 Å². The second-order valence-electron chi connectivity index (χ2n) is 32.7. The fourth-order valence-electron chi connectivity index (χ4n) is 15.7. The molecule has 26 nitrogen and oxygen atoms in total. The summed E-state index contributed by atoms with van der Waals surface area (Å²) < 4.78 is 80.3. The molecule has 636 valence electrons. The zero-order valence-corrected chi connectivity index (χ0v) is 61.3. The van der Waals surface area contributed by atoms with Crippen molar-refractivity contribution in [1.29, 1.82) is 0 Å². The second-order valence-corrected chi connectivity index (χ2v) is 32.7. The third-order valence-corrected chi connectivity index (χ3v) is 24.1. The zero-order chi connectivity index (χ0) is 73.1. The van der Waals surface area contributed by atoms with E-state index in [1.807, 2.05) is 90.0 Å². The molecule has 14 fully saturated rings. The first-order valence-corrected chi connectivity index (χ1v) is 35.9. The van der Waals surface area contributed by atoms with Crippen molar-refractivity contribution < 1.29 is 124 Å². The van der Waals surface area contributed by atoms with E-state index in [9.17, 15) is 52.7 Å². The average molecular weight is 1560 g/mol. The summed E-state index contributed by atoms with van der Waals surface area (Å²) in [5.41, 5.74) is -2.61. The molecule has 0 aromatic carbocycles. The van der Waals surface area contributed by atoms with Crippen molar-refractivity contribution in [3.8, 4) is 0 Å². The number of cyclic esters (lactones) is 1. The Morgan fingerprint density at radius 1 is 0.404 bits per heavy atom. The highest BCUT2D eigenvalue weighted by atomic mass is 16.9. The molecule has 9 saturated heterocycles. The van der Waals surface area contributed by atoms with Gasteiger partial charge in [0, 0.05) is 23.7 Å². The molecule has 0 N–H and O–H groups in total. The number of ether oxygens (including phenoxy) is 15. The standard InChI is InChI=1S/C16H22O6.C15H22O7.C13H18O5.C13H20O4.C9H12O2.C7H14O2.10CH4/c1-5-16(2,3)15(19)22-12-7-6-8-10(9(7)13(17)20-4)14(18)21-11(8)12;1-6-14(2,3)13(17)20-9-7-8(18-11(9)16)10-12(19-7)22-15(4,5)21-10;1-4-13(2,3)12(15)18-9-7-5-6-8(16-7)10(9)17-11(6)14;1-4-13(2,3)12(15)17-10-8-6-5-7-9(8)16-11(10)14;10-9-8-6-2-1-5(3-6)7(8)4-11-9;1-5-7(2,3)6(8)9-4;;;;;;;;;;/h7-12H,5-6H2,1-4H3;7-10,12H,6H2,1-5H3;6-10H,4-5H2,1-3H3;8-10H,4-7H2,1-3H3;5-8H,1-4H2;5H2,1-4H3;10*1H4. The monoisotopic (exact) mass is 1560 g/mol. The maximum Gasteiger partial charge on any atom is 0.350 e. The van der Waals surface area contributed by atoms with Crippen molar-refractivity contribution in [2.24, 2.45) is 86.3 Å². The van der Waals surface area contributed by atoms with Crippen molar-refractivity contribution in [3.63, 3.8) is 0 Å². The molecule has 0 aromatic rings. The third kappa shape index (κ3) is 20.9. The van der Waals surface area contributed by atoms with Gasteiger partial charge in [-0.05, 0) is 178 Å². The van der Waals surface area contributed by atoms with Crippen LogP contribution >= 0.6 is 0 Å². The van der Waals surface area contributed by atoms with Crippen LogP contribution in [0, 0.1) is 86.3 Å². The molecule has 9 aliphatic heterocycles. The predicted molar refractivity (Wildman–Crippen MR) is 411 cm³/mol. The molecular formula is C83H148O26. The fourth-order valence-corrected chi connectivity index (χ4v) is 15.7. The Balaban J connectivity index is 0. The molecule has 23 unspecified atom stereocenters. The van der Waals surface area contributed by atoms with Gasteiger partial charge in [-0.15, -0.1) is 0 Å². The zero-order valence-electron chi connectivity index (χ0n) is 61.3. The van der Waals surface area contributed by atoms with Crippen molar-refractivity contribution in [2.75, 3.05) is 20.8 Å². The molecule has 9 heterocycles. The first kappa shape index (κ1) is 105. The van der Waals surface area contributed by atoms with Crippen LogP contribution in [-0.2, 0) is 124 Å². The van der Waals surface area contributed by atoms with E-state index in [1.165, 1.54) is 33.5 Å². The molecular weight excluding hydrogens is 1410 g/mol. The van der Waals surface area contributed by atoms with E-state index in [2.05, 4.69) is 4.74 Å². The second kappa shape index (κ2) is 40.1. The van der Waals surface area contributed by atoms with Gasteiger partial charge in [0.1, 0.15) is 30.5 Å². The molecule has 0 aromatic heterocycles. The Labute approximate surface area is 654 Å². The van der Waals surface area contributed by atoms with E-state index in [1.54, 1.807) is 27.7 Å². The maximum absolute atomic E-state index is 12.4. The number of carbonyl (C=O) groups excluding carboxylic acids is 11. The van der Waals surface area contributed by atoms with Gasteiger partial charge < -0.3 is 71.1 Å². The molecule has 0 amide bonds. The Morgan fingerprint density at radius 3 is 1.39 bits per heavy atom. The van der Waals surface area contributed by atoms with E-state index in [0.29, 0.717) is 56.3 Å². The van der Waals surface area contributed by atoms with Crippen LogP contribution in [0.15, 0.2) is 0 Å². The summed E-state index contributed by atoms with van der Waals surface area (Å²) in [6.07, 6.45) is 5.30. The molecule has 5 saturated carbocycles. The Kier molecular flexibility index (Phi) is 38.7. The number of carbonyl (C=O) groups is 11. The quantitative estimate of drug-likeness (QED) is 0.109. The average Bonchev–Trinajstić information content (AvgIpc) is 1.54. The normalized spacial score (nSPS) is 33.8. The molecule has 23 atom stereocenters. The van der Waals surface area contributed by atoms with Crippen LogP contribution in [0.1, 0.15) is 275 Å². The molecule has 14 rings (SSSR count). The van der Waals surface area contributed by atoms with Gasteiger partial charge in [0.25, 0.3) is 0 Å². The van der Waals surface area contributed by atoms with Crippen molar-refractivity contribution in [3.05, 3.63) is 0 Å². The van der Waals surface area contributed by atoms with Gasteiger partial charge in [0.2, 0.25) is 12.2 Å². The number of methoxy groups -OCH3 is 2. The summed E-state index contributed by atoms with van der Waals surface area (Å²) in [5.74, 6) is -2.87. The maximum atomic E-state index is 12.4. The van der Waals surface area contributed by atoms with Crippen LogP contribution in [0.4, 0.5) is 0 Å². The van der Waals surface area contributed by atoms with Gasteiger partial charge in [-0.3, -0.25) is 43.2 Å². The highest BCUT2D eigenvalue weighted by Crippen LogP contribution is 2.60. The lowest BCUT2D eigenvalue weighted by Crippen LogP contribution is -2.45. The summed E-state index contributed by atoms with van der Waals surface area (Å²) >= 11 is 0. The van der Waals surface area contributed by atoms with Crippen molar-refractivity contribution in [2.45, 2.75) is 361 Å². The van der Waals surface area contributed by atoms with E-state index >= 15 is 0 Å². The Morgan fingerprint density at radius 2 is 0.881 bits per heavy atom. The number of hydrogen-bond donors (Lipinski definition) is 0. The fraction of sp³-hybridized carbons (Fsp3) is 0.867. The molecule has 0 radical (unpaired) electrons. The third-order valence-electron chi connectivity index (χ3n) is 24.1. The minimum atomic E-state index is -1.07. The minimum absolute atomic E-state index is 0. The molecule has 5 aliphatic carbocycles. The topological polar surface area (TPSA) is 326 Å².